The topological polar surface area (TPSA) is 72.4 Å². The molecular weight excluding hydrogens is 409 g/mol. The SMILES string of the molecule is O=S(=O)(c1ccc(F)cc1F)N1CCCC(Oc2nccc(C(F)(F)F)n2)C1. The van der Waals surface area contributed by atoms with Crippen LogP contribution in [0.1, 0.15) is 18.5 Å². The van der Waals surface area contributed by atoms with Crippen LogP contribution in [0.3, 0.4) is 0 Å². The molecule has 2 aromatic rings. The van der Waals surface area contributed by atoms with Gasteiger partial charge in [-0.2, -0.15) is 22.5 Å². The number of aromatic nitrogens is 2. The number of halogens is 5. The molecule has 1 fully saturated rings. The molecule has 1 aliphatic rings. The van der Waals surface area contributed by atoms with E-state index < -0.39 is 50.5 Å². The predicted molar refractivity (Wildman–Crippen MR) is 85.8 cm³/mol. The molecule has 6 nitrogen and oxygen atoms in total. The fourth-order valence-electron chi connectivity index (χ4n) is 2.75. The van der Waals surface area contributed by atoms with Crippen molar-refractivity contribution < 1.29 is 35.1 Å². The van der Waals surface area contributed by atoms with E-state index in [4.69, 9.17) is 4.74 Å². The highest BCUT2D eigenvalue weighted by molar-refractivity contribution is 7.89. The van der Waals surface area contributed by atoms with Gasteiger partial charge < -0.3 is 4.74 Å². The highest BCUT2D eigenvalue weighted by Crippen LogP contribution is 2.29. The lowest BCUT2D eigenvalue weighted by Gasteiger charge is -2.31. The second kappa shape index (κ2) is 7.59. The van der Waals surface area contributed by atoms with Crippen molar-refractivity contribution in [2.45, 2.75) is 30.0 Å². The molecule has 1 aliphatic heterocycles. The maximum atomic E-state index is 13.9. The second-order valence-corrected chi connectivity index (χ2v) is 7.95. The molecule has 1 unspecified atom stereocenters. The van der Waals surface area contributed by atoms with Crippen LogP contribution in [0.25, 0.3) is 0 Å². The fraction of sp³-hybridized carbons (Fsp3) is 0.375. The Hall–Kier alpha value is -2.34. The van der Waals surface area contributed by atoms with Crippen molar-refractivity contribution in [3.63, 3.8) is 0 Å². The van der Waals surface area contributed by atoms with E-state index in [9.17, 15) is 30.4 Å². The Bertz CT molecular complexity index is 968. The summed E-state index contributed by atoms with van der Waals surface area (Å²) in [6.45, 7) is -0.179. The first-order chi connectivity index (χ1) is 13.1. The van der Waals surface area contributed by atoms with Crippen LogP contribution in [-0.4, -0.2) is 41.9 Å². The van der Waals surface area contributed by atoms with E-state index in [1.165, 1.54) is 0 Å². The summed E-state index contributed by atoms with van der Waals surface area (Å²) in [5, 5.41) is 0. The summed E-state index contributed by atoms with van der Waals surface area (Å²) < 4.78 is 96.6. The summed E-state index contributed by atoms with van der Waals surface area (Å²) in [6.07, 6.45) is -3.95. The molecule has 0 aliphatic carbocycles. The van der Waals surface area contributed by atoms with E-state index >= 15 is 0 Å². The molecule has 2 heterocycles. The second-order valence-electron chi connectivity index (χ2n) is 6.04. The Kier molecular flexibility index (Phi) is 5.53. The van der Waals surface area contributed by atoms with Gasteiger partial charge in [-0.1, -0.05) is 0 Å². The molecule has 1 aromatic heterocycles. The van der Waals surface area contributed by atoms with Crippen LogP contribution >= 0.6 is 0 Å². The first-order valence-electron chi connectivity index (χ1n) is 8.09. The predicted octanol–water partition coefficient (Wildman–Crippen LogP) is 3.01. The van der Waals surface area contributed by atoms with Gasteiger partial charge in [0.2, 0.25) is 10.0 Å². The average molecular weight is 423 g/mol. The molecule has 0 radical (unpaired) electrons. The van der Waals surface area contributed by atoms with Crippen molar-refractivity contribution in [2.75, 3.05) is 13.1 Å². The zero-order chi connectivity index (χ0) is 20.5. The number of ether oxygens (including phenoxy) is 1. The molecule has 1 saturated heterocycles. The Morgan fingerprint density at radius 2 is 1.93 bits per heavy atom. The number of hydrogen-bond acceptors (Lipinski definition) is 5. The summed E-state index contributed by atoms with van der Waals surface area (Å²) >= 11 is 0. The average Bonchev–Trinajstić information content (AvgIpc) is 2.61. The number of nitrogens with zero attached hydrogens (tertiary/aromatic N) is 3. The van der Waals surface area contributed by atoms with E-state index in [0.717, 1.165) is 22.6 Å². The Balaban J connectivity index is 1.77. The summed E-state index contributed by atoms with van der Waals surface area (Å²) in [5.74, 6) is -2.15. The van der Waals surface area contributed by atoms with Gasteiger partial charge in [-0.25, -0.2) is 22.2 Å². The smallest absolute Gasteiger partial charge is 0.433 e. The monoisotopic (exact) mass is 423 g/mol. The summed E-state index contributed by atoms with van der Waals surface area (Å²) in [5.41, 5.74) is -1.19. The molecule has 152 valence electrons. The summed E-state index contributed by atoms with van der Waals surface area (Å²) in [4.78, 5) is 6.20. The molecule has 0 amide bonds. The van der Waals surface area contributed by atoms with Crippen LogP contribution in [0.15, 0.2) is 35.4 Å². The Morgan fingerprint density at radius 1 is 1.18 bits per heavy atom. The lowest BCUT2D eigenvalue weighted by atomic mass is 10.1. The highest BCUT2D eigenvalue weighted by atomic mass is 32.2. The zero-order valence-electron chi connectivity index (χ0n) is 14.2. The molecule has 28 heavy (non-hydrogen) atoms. The van der Waals surface area contributed by atoms with Crippen LogP contribution in [0, 0.1) is 11.6 Å². The first kappa shape index (κ1) is 20.4. The molecule has 0 bridgehead atoms. The summed E-state index contributed by atoms with van der Waals surface area (Å²) in [7, 11) is -4.28. The van der Waals surface area contributed by atoms with Gasteiger partial charge in [0, 0.05) is 18.8 Å². The number of benzene rings is 1. The molecule has 0 N–H and O–H groups in total. The zero-order valence-corrected chi connectivity index (χ0v) is 15.0. The van der Waals surface area contributed by atoms with Crippen LogP contribution in [0.4, 0.5) is 22.0 Å². The first-order valence-corrected chi connectivity index (χ1v) is 9.53. The molecule has 12 heteroatoms. The third-order valence-corrected chi connectivity index (χ3v) is 5.95. The van der Waals surface area contributed by atoms with Crippen molar-refractivity contribution in [2.24, 2.45) is 0 Å². The number of rotatable bonds is 4. The molecule has 1 aromatic carbocycles. The lowest BCUT2D eigenvalue weighted by molar-refractivity contribution is -0.141. The number of sulfonamides is 1. The van der Waals surface area contributed by atoms with Crippen molar-refractivity contribution in [3.05, 3.63) is 47.8 Å². The van der Waals surface area contributed by atoms with Crippen molar-refractivity contribution in [1.29, 1.82) is 0 Å². The highest BCUT2D eigenvalue weighted by Gasteiger charge is 2.35. The molecular formula is C16H14F5N3O3S. The number of alkyl halides is 3. The molecule has 0 spiro atoms. The van der Waals surface area contributed by atoms with Crippen LogP contribution in [0.5, 0.6) is 6.01 Å². The Labute approximate surface area is 157 Å². The van der Waals surface area contributed by atoms with Crippen molar-refractivity contribution in [3.8, 4) is 6.01 Å². The normalized spacial score (nSPS) is 18.8. The Morgan fingerprint density at radius 3 is 2.61 bits per heavy atom. The maximum Gasteiger partial charge on any atom is 0.433 e. The van der Waals surface area contributed by atoms with Crippen LogP contribution < -0.4 is 4.74 Å². The third kappa shape index (κ3) is 4.38. The molecule has 0 saturated carbocycles. The summed E-state index contributed by atoms with van der Waals surface area (Å²) in [6, 6.07) is 2.25. The van der Waals surface area contributed by atoms with Gasteiger partial charge in [0.15, 0.2) is 5.69 Å². The van der Waals surface area contributed by atoms with E-state index in [0.29, 0.717) is 25.0 Å². The van der Waals surface area contributed by atoms with E-state index in [1.807, 2.05) is 0 Å². The molecule has 1 atom stereocenters. The van der Waals surface area contributed by atoms with E-state index in [2.05, 4.69) is 9.97 Å². The standard InChI is InChI=1S/C16H14F5N3O3S/c17-10-3-4-13(12(18)8-10)28(25,26)24-7-1-2-11(9-24)27-15-22-6-5-14(23-15)16(19,20)21/h3-6,8,11H,1-2,7,9H2. The van der Waals surface area contributed by atoms with Gasteiger partial charge in [-0.05, 0) is 31.0 Å². The quantitative estimate of drug-likeness (QED) is 0.707. The van der Waals surface area contributed by atoms with Gasteiger partial charge in [0.25, 0.3) is 0 Å². The minimum absolute atomic E-state index is 0.0580. The van der Waals surface area contributed by atoms with Crippen molar-refractivity contribution in [1.82, 2.24) is 14.3 Å². The van der Waals surface area contributed by atoms with Crippen LogP contribution in [0.2, 0.25) is 0 Å². The fourth-order valence-corrected chi connectivity index (χ4v) is 4.30. The lowest BCUT2D eigenvalue weighted by Crippen LogP contribution is -2.44. The minimum Gasteiger partial charge on any atom is -0.459 e. The minimum atomic E-state index is -4.68. The number of piperidine rings is 1. The molecule has 3 rings (SSSR count). The van der Waals surface area contributed by atoms with Gasteiger partial charge in [-0.3, -0.25) is 0 Å². The number of hydrogen-bond donors (Lipinski definition) is 0. The van der Waals surface area contributed by atoms with Gasteiger partial charge in [-0.15, -0.1) is 0 Å². The van der Waals surface area contributed by atoms with Gasteiger partial charge in [0.1, 0.15) is 22.6 Å². The van der Waals surface area contributed by atoms with Gasteiger partial charge in [0.05, 0.1) is 6.54 Å². The van der Waals surface area contributed by atoms with Crippen LogP contribution in [-0.2, 0) is 16.2 Å². The van der Waals surface area contributed by atoms with Gasteiger partial charge >= 0.3 is 12.2 Å². The van der Waals surface area contributed by atoms with E-state index in [-0.39, 0.29) is 13.1 Å². The third-order valence-electron chi connectivity index (χ3n) is 4.05. The maximum absolute atomic E-state index is 13.9. The van der Waals surface area contributed by atoms with Crippen molar-refractivity contribution >= 4 is 10.0 Å². The van der Waals surface area contributed by atoms with E-state index in [1.54, 1.807) is 0 Å². The largest absolute Gasteiger partial charge is 0.459 e.